The van der Waals surface area contributed by atoms with Crippen molar-refractivity contribution in [3.8, 4) is 11.3 Å². The largest absolute Gasteiger partial charge is 0.361 e. The minimum absolute atomic E-state index is 0.173. The van der Waals surface area contributed by atoms with Gasteiger partial charge in [0.05, 0.1) is 5.41 Å². The van der Waals surface area contributed by atoms with Crippen LogP contribution < -0.4 is 0 Å². The van der Waals surface area contributed by atoms with Crippen molar-refractivity contribution < 1.29 is 9.32 Å². The van der Waals surface area contributed by atoms with Gasteiger partial charge in [0.1, 0.15) is 11.5 Å². The number of likely N-dealkylation sites (tertiary alicyclic amines) is 1. The van der Waals surface area contributed by atoms with E-state index in [1.807, 2.05) is 50.5 Å². The Labute approximate surface area is 143 Å². The summed E-state index contributed by atoms with van der Waals surface area (Å²) in [6, 6.07) is 11.9. The van der Waals surface area contributed by atoms with Crippen LogP contribution in [0.2, 0.25) is 0 Å². The molecule has 5 nitrogen and oxygen atoms in total. The van der Waals surface area contributed by atoms with Gasteiger partial charge in [0.25, 0.3) is 0 Å². The number of carbonyl (C=O) groups is 1. The van der Waals surface area contributed by atoms with Gasteiger partial charge in [0.2, 0.25) is 5.91 Å². The lowest BCUT2D eigenvalue weighted by Gasteiger charge is -2.41. The second kappa shape index (κ2) is 6.77. The molecule has 0 radical (unpaired) electrons. The van der Waals surface area contributed by atoms with Gasteiger partial charge in [-0.3, -0.25) is 4.79 Å². The van der Waals surface area contributed by atoms with Crippen LogP contribution in [0.3, 0.4) is 0 Å². The standard InChI is InChI=1S/C19H25N3O2/c1-21(2)18(23)19(10-7-11-22(3)14-19)13-16-12-17(20-24-16)15-8-5-4-6-9-15/h4-6,8-9,12H,7,10-11,13-14H2,1-3H3. The molecule has 1 aromatic heterocycles. The third-order valence-electron chi connectivity index (χ3n) is 4.77. The molecule has 1 aliphatic rings. The minimum atomic E-state index is -0.427. The second-order valence-electron chi connectivity index (χ2n) is 7.04. The first-order chi connectivity index (χ1) is 11.5. The highest BCUT2D eigenvalue weighted by atomic mass is 16.5. The normalized spacial score (nSPS) is 21.6. The topological polar surface area (TPSA) is 49.6 Å². The Kier molecular flexibility index (Phi) is 4.71. The Morgan fingerprint density at radius 1 is 1.33 bits per heavy atom. The number of hydrogen-bond acceptors (Lipinski definition) is 4. The van der Waals surface area contributed by atoms with Crippen LogP contribution in [0.1, 0.15) is 18.6 Å². The molecule has 1 fully saturated rings. The van der Waals surface area contributed by atoms with Crippen molar-refractivity contribution in [2.75, 3.05) is 34.2 Å². The summed E-state index contributed by atoms with van der Waals surface area (Å²) in [7, 11) is 5.73. The quantitative estimate of drug-likeness (QED) is 0.866. The van der Waals surface area contributed by atoms with E-state index < -0.39 is 5.41 Å². The van der Waals surface area contributed by atoms with E-state index in [-0.39, 0.29) is 5.91 Å². The molecular formula is C19H25N3O2. The number of aromatic nitrogens is 1. The van der Waals surface area contributed by atoms with Crippen LogP contribution >= 0.6 is 0 Å². The Bertz CT molecular complexity index is 696. The highest BCUT2D eigenvalue weighted by Crippen LogP contribution is 2.35. The third kappa shape index (κ3) is 3.36. The van der Waals surface area contributed by atoms with E-state index in [0.717, 1.165) is 42.9 Å². The average molecular weight is 327 g/mol. The molecule has 0 bridgehead atoms. The summed E-state index contributed by atoms with van der Waals surface area (Å²) in [4.78, 5) is 16.8. The van der Waals surface area contributed by atoms with E-state index in [9.17, 15) is 4.79 Å². The van der Waals surface area contributed by atoms with Crippen LogP contribution in [0.5, 0.6) is 0 Å². The SMILES string of the molecule is CN1CCCC(Cc2cc(-c3ccccc3)no2)(C(=O)N(C)C)C1. The first-order valence-electron chi connectivity index (χ1n) is 8.41. The smallest absolute Gasteiger partial charge is 0.230 e. The molecule has 1 amide bonds. The highest BCUT2D eigenvalue weighted by molar-refractivity contribution is 5.83. The van der Waals surface area contributed by atoms with Gasteiger partial charge in [-0.05, 0) is 26.4 Å². The van der Waals surface area contributed by atoms with Crippen molar-refractivity contribution in [2.45, 2.75) is 19.3 Å². The fourth-order valence-electron chi connectivity index (χ4n) is 3.71. The molecule has 1 aliphatic heterocycles. The Morgan fingerprint density at radius 2 is 2.08 bits per heavy atom. The number of carbonyl (C=O) groups excluding carboxylic acids is 1. The molecule has 5 heteroatoms. The molecule has 128 valence electrons. The maximum atomic E-state index is 12.9. The Hall–Kier alpha value is -2.14. The zero-order valence-corrected chi connectivity index (χ0v) is 14.7. The average Bonchev–Trinajstić information content (AvgIpc) is 3.03. The summed E-state index contributed by atoms with van der Waals surface area (Å²) in [5.41, 5.74) is 1.42. The van der Waals surface area contributed by atoms with Gasteiger partial charge >= 0.3 is 0 Å². The Morgan fingerprint density at radius 3 is 2.75 bits per heavy atom. The molecule has 0 spiro atoms. The molecule has 2 heterocycles. The first-order valence-corrected chi connectivity index (χ1v) is 8.41. The molecule has 3 rings (SSSR count). The summed E-state index contributed by atoms with van der Waals surface area (Å²) in [6.45, 7) is 1.79. The molecule has 1 unspecified atom stereocenters. The van der Waals surface area contributed by atoms with E-state index in [1.54, 1.807) is 4.90 Å². The van der Waals surface area contributed by atoms with E-state index >= 15 is 0 Å². The van der Waals surface area contributed by atoms with Crippen LogP contribution in [0.25, 0.3) is 11.3 Å². The van der Waals surface area contributed by atoms with Crippen molar-refractivity contribution in [1.29, 1.82) is 0 Å². The van der Waals surface area contributed by atoms with Crippen LogP contribution in [-0.4, -0.2) is 55.1 Å². The molecule has 1 aromatic carbocycles. The second-order valence-corrected chi connectivity index (χ2v) is 7.04. The van der Waals surface area contributed by atoms with Crippen LogP contribution in [-0.2, 0) is 11.2 Å². The minimum Gasteiger partial charge on any atom is -0.361 e. The van der Waals surface area contributed by atoms with Gasteiger partial charge in [0.15, 0.2) is 0 Å². The lowest BCUT2D eigenvalue weighted by Crippen LogP contribution is -2.51. The lowest BCUT2D eigenvalue weighted by atomic mass is 9.75. The molecule has 2 aromatic rings. The highest BCUT2D eigenvalue weighted by Gasteiger charge is 2.43. The van der Waals surface area contributed by atoms with Crippen molar-refractivity contribution in [2.24, 2.45) is 5.41 Å². The van der Waals surface area contributed by atoms with Crippen LogP contribution in [0.15, 0.2) is 40.9 Å². The predicted octanol–water partition coefficient (Wildman–Crippen LogP) is 2.68. The van der Waals surface area contributed by atoms with Crippen LogP contribution in [0.4, 0.5) is 0 Å². The molecule has 0 saturated carbocycles. The maximum Gasteiger partial charge on any atom is 0.230 e. The van der Waals surface area contributed by atoms with Gasteiger partial charge in [-0.2, -0.15) is 0 Å². The fraction of sp³-hybridized carbons (Fsp3) is 0.474. The zero-order valence-electron chi connectivity index (χ0n) is 14.7. The number of piperidine rings is 1. The molecule has 0 N–H and O–H groups in total. The zero-order chi connectivity index (χ0) is 17.2. The van der Waals surface area contributed by atoms with Gasteiger partial charge in [0, 0.05) is 38.7 Å². The summed E-state index contributed by atoms with van der Waals surface area (Å²) in [5, 5.41) is 4.19. The van der Waals surface area contributed by atoms with Gasteiger partial charge < -0.3 is 14.3 Å². The monoisotopic (exact) mass is 327 g/mol. The fourth-order valence-corrected chi connectivity index (χ4v) is 3.71. The van der Waals surface area contributed by atoms with Crippen molar-refractivity contribution in [3.63, 3.8) is 0 Å². The van der Waals surface area contributed by atoms with Crippen molar-refractivity contribution in [3.05, 3.63) is 42.2 Å². The molecule has 24 heavy (non-hydrogen) atoms. The summed E-state index contributed by atoms with van der Waals surface area (Å²) < 4.78 is 5.57. The molecule has 1 saturated heterocycles. The first kappa shape index (κ1) is 16.7. The lowest BCUT2D eigenvalue weighted by molar-refractivity contribution is -0.143. The number of hydrogen-bond donors (Lipinski definition) is 0. The van der Waals surface area contributed by atoms with E-state index in [4.69, 9.17) is 4.52 Å². The summed E-state index contributed by atoms with van der Waals surface area (Å²) >= 11 is 0. The Balaban J connectivity index is 1.86. The summed E-state index contributed by atoms with van der Waals surface area (Å²) in [6.07, 6.45) is 2.50. The van der Waals surface area contributed by atoms with Crippen molar-refractivity contribution in [1.82, 2.24) is 15.0 Å². The van der Waals surface area contributed by atoms with Crippen LogP contribution in [0, 0.1) is 5.41 Å². The predicted molar refractivity (Wildman–Crippen MR) is 93.5 cm³/mol. The van der Waals surface area contributed by atoms with E-state index in [0.29, 0.717) is 6.42 Å². The van der Waals surface area contributed by atoms with E-state index in [1.165, 1.54) is 0 Å². The molecule has 0 aliphatic carbocycles. The molecular weight excluding hydrogens is 302 g/mol. The number of nitrogens with zero attached hydrogens (tertiary/aromatic N) is 3. The maximum absolute atomic E-state index is 12.9. The van der Waals surface area contributed by atoms with Gasteiger partial charge in [-0.1, -0.05) is 35.5 Å². The third-order valence-corrected chi connectivity index (χ3v) is 4.77. The van der Waals surface area contributed by atoms with Gasteiger partial charge in [-0.15, -0.1) is 0 Å². The van der Waals surface area contributed by atoms with Crippen molar-refractivity contribution >= 4 is 5.91 Å². The number of benzene rings is 1. The van der Waals surface area contributed by atoms with E-state index in [2.05, 4.69) is 17.1 Å². The summed E-state index contributed by atoms with van der Waals surface area (Å²) in [5.74, 6) is 0.950. The molecule has 1 atom stereocenters. The number of rotatable bonds is 4. The number of amides is 1. The van der Waals surface area contributed by atoms with Gasteiger partial charge in [-0.25, -0.2) is 0 Å².